The number of hydrogen-bond donors (Lipinski definition) is 1. The summed E-state index contributed by atoms with van der Waals surface area (Å²) in [5.41, 5.74) is 3.13. The van der Waals surface area contributed by atoms with Crippen LogP contribution in [0.3, 0.4) is 0 Å². The normalized spacial score (nSPS) is 21.0. The fraction of sp³-hybridized carbons (Fsp3) is 0.211. The monoisotopic (exact) mass is 294 g/mol. The molecule has 0 saturated carbocycles. The quantitative estimate of drug-likeness (QED) is 0.884. The molecule has 1 aliphatic rings. The zero-order chi connectivity index (χ0) is 15.4. The lowest BCUT2D eigenvalue weighted by molar-refractivity contribution is -0.156. The third kappa shape index (κ3) is 3.43. The second-order valence-electron chi connectivity index (χ2n) is 5.43. The Balaban J connectivity index is 1.98. The lowest BCUT2D eigenvalue weighted by Gasteiger charge is -2.24. The summed E-state index contributed by atoms with van der Waals surface area (Å²) in [4.78, 5) is 11.5. The van der Waals surface area contributed by atoms with Gasteiger partial charge in [0.05, 0.1) is 12.5 Å². The van der Waals surface area contributed by atoms with E-state index in [0.29, 0.717) is 6.42 Å². The molecule has 1 heterocycles. The van der Waals surface area contributed by atoms with E-state index in [9.17, 15) is 9.90 Å². The van der Waals surface area contributed by atoms with Crippen LogP contribution in [-0.2, 0) is 9.53 Å². The van der Waals surface area contributed by atoms with Gasteiger partial charge in [-0.05, 0) is 22.8 Å². The molecule has 22 heavy (non-hydrogen) atoms. The van der Waals surface area contributed by atoms with E-state index in [1.54, 1.807) is 0 Å². The van der Waals surface area contributed by atoms with Gasteiger partial charge in [-0.25, -0.2) is 0 Å². The predicted octanol–water partition coefficient (Wildman–Crippen LogP) is 3.18. The Hall–Kier alpha value is -2.39. The van der Waals surface area contributed by atoms with Crippen LogP contribution in [0.2, 0.25) is 0 Å². The van der Waals surface area contributed by atoms with Gasteiger partial charge in [0.1, 0.15) is 6.10 Å². The zero-order valence-electron chi connectivity index (χ0n) is 12.2. The molecule has 0 aliphatic carbocycles. The van der Waals surface area contributed by atoms with Gasteiger partial charge in [0, 0.05) is 6.42 Å². The minimum atomic E-state index is -0.629. The van der Waals surface area contributed by atoms with Gasteiger partial charge in [0.2, 0.25) is 0 Å². The molecule has 2 atom stereocenters. The van der Waals surface area contributed by atoms with Gasteiger partial charge in [-0.1, -0.05) is 60.7 Å². The van der Waals surface area contributed by atoms with Crippen molar-refractivity contribution in [2.75, 3.05) is 0 Å². The average Bonchev–Trinajstić information content (AvgIpc) is 2.53. The van der Waals surface area contributed by atoms with Crippen molar-refractivity contribution in [2.45, 2.75) is 25.0 Å². The van der Waals surface area contributed by atoms with Gasteiger partial charge >= 0.3 is 5.97 Å². The van der Waals surface area contributed by atoms with E-state index in [1.165, 1.54) is 0 Å². The van der Waals surface area contributed by atoms with E-state index >= 15 is 0 Å². The lowest BCUT2D eigenvalue weighted by Crippen LogP contribution is -2.31. The van der Waals surface area contributed by atoms with Crippen LogP contribution in [0.5, 0.6) is 0 Å². The van der Waals surface area contributed by atoms with Crippen LogP contribution in [0.1, 0.15) is 24.0 Å². The van der Waals surface area contributed by atoms with Gasteiger partial charge in [-0.2, -0.15) is 0 Å². The van der Waals surface area contributed by atoms with Crippen molar-refractivity contribution in [1.29, 1.82) is 0 Å². The van der Waals surface area contributed by atoms with E-state index in [4.69, 9.17) is 4.74 Å². The van der Waals surface area contributed by atoms with E-state index in [0.717, 1.165) is 16.7 Å². The standard InChI is InChI=1S/C19H18O3/c20-16-11-17(22-19(21)12-16)13-18(14-7-3-1-4-8-14)15-9-5-2-6-10-15/h1-10,13,16-17,20H,11-12H2/t16-,17+/m1/s1. The van der Waals surface area contributed by atoms with Crippen LogP contribution in [-0.4, -0.2) is 23.3 Å². The minimum absolute atomic E-state index is 0.0797. The largest absolute Gasteiger partial charge is 0.458 e. The van der Waals surface area contributed by atoms with Crippen LogP contribution in [0.25, 0.3) is 5.57 Å². The molecule has 0 amide bonds. The van der Waals surface area contributed by atoms with Crippen LogP contribution in [0.4, 0.5) is 0 Å². The molecule has 0 spiro atoms. The Morgan fingerprint density at radius 2 is 1.55 bits per heavy atom. The smallest absolute Gasteiger partial charge is 0.309 e. The predicted molar refractivity (Wildman–Crippen MR) is 85.1 cm³/mol. The van der Waals surface area contributed by atoms with E-state index in [2.05, 4.69) is 0 Å². The molecule has 112 valence electrons. The number of cyclic esters (lactones) is 1. The molecule has 1 N–H and O–H groups in total. The van der Waals surface area contributed by atoms with Crippen LogP contribution >= 0.6 is 0 Å². The highest BCUT2D eigenvalue weighted by atomic mass is 16.5. The van der Waals surface area contributed by atoms with Gasteiger partial charge < -0.3 is 9.84 Å². The number of rotatable bonds is 3. The van der Waals surface area contributed by atoms with Crippen LogP contribution in [0, 0.1) is 0 Å². The van der Waals surface area contributed by atoms with E-state index < -0.39 is 12.2 Å². The molecule has 2 aromatic rings. The Kier molecular flexibility index (Phi) is 4.35. The molecule has 0 radical (unpaired) electrons. The molecule has 1 fully saturated rings. The maximum Gasteiger partial charge on any atom is 0.309 e. The van der Waals surface area contributed by atoms with Gasteiger partial charge in [-0.3, -0.25) is 4.79 Å². The summed E-state index contributed by atoms with van der Waals surface area (Å²) in [6, 6.07) is 20.0. The highest BCUT2D eigenvalue weighted by Gasteiger charge is 2.26. The first-order valence-corrected chi connectivity index (χ1v) is 7.42. The average molecular weight is 294 g/mol. The molecule has 0 bridgehead atoms. The molecule has 3 nitrogen and oxygen atoms in total. The molecule has 3 rings (SSSR count). The van der Waals surface area contributed by atoms with Crippen molar-refractivity contribution in [3.05, 3.63) is 77.9 Å². The Morgan fingerprint density at radius 1 is 1.00 bits per heavy atom. The maximum atomic E-state index is 11.5. The minimum Gasteiger partial charge on any atom is -0.458 e. The van der Waals surface area contributed by atoms with Gasteiger partial charge in [-0.15, -0.1) is 0 Å². The molecule has 0 unspecified atom stereocenters. The Bertz CT molecular complexity index is 620. The van der Waals surface area contributed by atoms with Crippen molar-refractivity contribution in [3.8, 4) is 0 Å². The number of benzene rings is 2. The second kappa shape index (κ2) is 6.58. The topological polar surface area (TPSA) is 46.5 Å². The van der Waals surface area contributed by atoms with Crippen molar-refractivity contribution < 1.29 is 14.6 Å². The molecule has 1 saturated heterocycles. The first-order valence-electron chi connectivity index (χ1n) is 7.42. The number of aliphatic hydroxyl groups excluding tert-OH is 1. The summed E-state index contributed by atoms with van der Waals surface area (Å²) < 4.78 is 5.35. The summed E-state index contributed by atoms with van der Waals surface area (Å²) in [7, 11) is 0. The van der Waals surface area contributed by atoms with Crippen molar-refractivity contribution in [2.24, 2.45) is 0 Å². The summed E-state index contributed by atoms with van der Waals surface area (Å²) in [5, 5.41) is 9.77. The number of carbonyl (C=O) groups excluding carboxylic acids is 1. The molecular formula is C19H18O3. The summed E-state index contributed by atoms with van der Waals surface area (Å²) in [5.74, 6) is -0.347. The van der Waals surface area contributed by atoms with Crippen molar-refractivity contribution in [3.63, 3.8) is 0 Å². The van der Waals surface area contributed by atoms with E-state index in [-0.39, 0.29) is 12.4 Å². The third-order valence-corrected chi connectivity index (χ3v) is 3.71. The first kappa shape index (κ1) is 14.5. The first-order chi connectivity index (χ1) is 10.7. The van der Waals surface area contributed by atoms with Gasteiger partial charge in [0.15, 0.2) is 0 Å². The van der Waals surface area contributed by atoms with Gasteiger partial charge in [0.25, 0.3) is 0 Å². The fourth-order valence-corrected chi connectivity index (χ4v) is 2.69. The number of aliphatic hydroxyl groups is 1. The van der Waals surface area contributed by atoms with Crippen molar-refractivity contribution in [1.82, 2.24) is 0 Å². The molecule has 1 aliphatic heterocycles. The lowest BCUT2D eigenvalue weighted by atomic mass is 9.94. The Morgan fingerprint density at radius 3 is 2.05 bits per heavy atom. The SMILES string of the molecule is O=C1C[C@H](O)C[C@@H](C=C(c2ccccc2)c2ccccc2)O1. The van der Waals surface area contributed by atoms with Crippen molar-refractivity contribution >= 4 is 11.5 Å². The highest BCUT2D eigenvalue weighted by molar-refractivity contribution is 5.80. The number of ether oxygens (including phenoxy) is 1. The zero-order valence-corrected chi connectivity index (χ0v) is 12.2. The Labute approximate surface area is 129 Å². The molecule has 3 heteroatoms. The van der Waals surface area contributed by atoms with Crippen LogP contribution < -0.4 is 0 Å². The summed E-state index contributed by atoms with van der Waals surface area (Å²) in [6.45, 7) is 0. The number of hydrogen-bond acceptors (Lipinski definition) is 3. The fourth-order valence-electron chi connectivity index (χ4n) is 2.69. The maximum absolute atomic E-state index is 11.5. The molecular weight excluding hydrogens is 276 g/mol. The van der Waals surface area contributed by atoms with E-state index in [1.807, 2.05) is 66.7 Å². The number of carbonyl (C=O) groups is 1. The third-order valence-electron chi connectivity index (χ3n) is 3.71. The summed E-state index contributed by atoms with van der Waals surface area (Å²) >= 11 is 0. The van der Waals surface area contributed by atoms with Crippen LogP contribution in [0.15, 0.2) is 66.7 Å². The highest BCUT2D eigenvalue weighted by Crippen LogP contribution is 2.26. The number of esters is 1. The molecule has 2 aromatic carbocycles. The summed E-state index contributed by atoms with van der Waals surface area (Å²) in [6.07, 6.45) is 1.43. The molecule has 0 aromatic heterocycles. The second-order valence-corrected chi connectivity index (χ2v) is 5.43.